The molecule has 0 saturated carbocycles. The van der Waals surface area contributed by atoms with Crippen LogP contribution >= 0.6 is 0 Å². The number of carbonyl (C=O) groups is 2. The summed E-state index contributed by atoms with van der Waals surface area (Å²) in [6.07, 6.45) is 5.32. The molecule has 2 fully saturated rings. The SMILES string of the molecule is C.CC(C)N1CCCN(C(=O)c2ccccn2)CC1.COc1ccc(C(=O)N2CCCN(C(C)C)CC2)cn1. The molecule has 216 valence electrons. The van der Waals surface area contributed by atoms with Crippen molar-refractivity contribution in [3.63, 3.8) is 0 Å². The Kier molecular flexibility index (Phi) is 13.3. The first-order chi connectivity index (χ1) is 18.3. The van der Waals surface area contributed by atoms with Crippen LogP contribution in [-0.4, -0.2) is 113 Å². The molecule has 2 aromatic rings. The molecule has 0 atom stereocenters. The molecule has 4 rings (SSSR count). The minimum Gasteiger partial charge on any atom is -0.481 e. The molecule has 0 aromatic carbocycles. The van der Waals surface area contributed by atoms with E-state index in [0.717, 1.165) is 65.2 Å². The van der Waals surface area contributed by atoms with Gasteiger partial charge in [0.05, 0.1) is 12.7 Å². The molecule has 2 aromatic heterocycles. The first-order valence-corrected chi connectivity index (χ1v) is 13.8. The number of amides is 2. The van der Waals surface area contributed by atoms with Crippen LogP contribution < -0.4 is 4.74 Å². The highest BCUT2D eigenvalue weighted by Crippen LogP contribution is 2.13. The average molecular weight is 541 g/mol. The van der Waals surface area contributed by atoms with Crippen molar-refractivity contribution in [2.45, 2.75) is 60.0 Å². The Morgan fingerprint density at radius 1 is 0.744 bits per heavy atom. The molecule has 39 heavy (non-hydrogen) atoms. The van der Waals surface area contributed by atoms with Gasteiger partial charge < -0.3 is 14.5 Å². The van der Waals surface area contributed by atoms with Crippen molar-refractivity contribution in [3.05, 3.63) is 54.0 Å². The topological polar surface area (TPSA) is 82.1 Å². The summed E-state index contributed by atoms with van der Waals surface area (Å²) in [6, 6.07) is 10.1. The first-order valence-electron chi connectivity index (χ1n) is 13.8. The van der Waals surface area contributed by atoms with Crippen molar-refractivity contribution in [2.75, 3.05) is 59.5 Å². The minimum absolute atomic E-state index is 0. The maximum atomic E-state index is 12.5. The zero-order valence-corrected chi connectivity index (χ0v) is 23.7. The minimum atomic E-state index is 0. The number of aromatic nitrogens is 2. The van der Waals surface area contributed by atoms with Gasteiger partial charge in [-0.05, 0) is 58.7 Å². The molecule has 4 heterocycles. The molecule has 2 aliphatic heterocycles. The van der Waals surface area contributed by atoms with Crippen molar-refractivity contribution >= 4 is 11.8 Å². The van der Waals surface area contributed by atoms with Crippen LogP contribution in [0.15, 0.2) is 42.7 Å². The zero-order valence-electron chi connectivity index (χ0n) is 23.7. The zero-order chi connectivity index (χ0) is 27.5. The second kappa shape index (κ2) is 16.2. The fourth-order valence-electron chi connectivity index (χ4n) is 4.78. The summed E-state index contributed by atoms with van der Waals surface area (Å²) in [5.41, 5.74) is 1.18. The number of nitrogens with zero attached hydrogens (tertiary/aromatic N) is 6. The van der Waals surface area contributed by atoms with Gasteiger partial charge in [-0.25, -0.2) is 4.98 Å². The number of hydrogen-bond acceptors (Lipinski definition) is 7. The lowest BCUT2D eigenvalue weighted by Gasteiger charge is -2.24. The van der Waals surface area contributed by atoms with E-state index in [0.29, 0.717) is 29.2 Å². The van der Waals surface area contributed by atoms with Crippen LogP contribution in [-0.2, 0) is 0 Å². The Labute approximate surface area is 235 Å². The summed E-state index contributed by atoms with van der Waals surface area (Å²) in [6.45, 7) is 16.1. The Morgan fingerprint density at radius 2 is 1.33 bits per heavy atom. The van der Waals surface area contributed by atoms with Crippen LogP contribution in [0.5, 0.6) is 5.88 Å². The Bertz CT molecular complexity index is 1000. The van der Waals surface area contributed by atoms with E-state index in [1.165, 1.54) is 0 Å². The molecular formula is C30H48N6O3. The van der Waals surface area contributed by atoms with Crippen molar-refractivity contribution in [1.82, 2.24) is 29.6 Å². The number of methoxy groups -OCH3 is 1. The normalized spacial score (nSPS) is 17.0. The molecule has 0 spiro atoms. The summed E-state index contributed by atoms with van der Waals surface area (Å²) in [7, 11) is 1.57. The van der Waals surface area contributed by atoms with Gasteiger partial charge in [-0.1, -0.05) is 13.5 Å². The van der Waals surface area contributed by atoms with E-state index in [4.69, 9.17) is 4.74 Å². The van der Waals surface area contributed by atoms with Gasteiger partial charge in [0.25, 0.3) is 11.8 Å². The van der Waals surface area contributed by atoms with E-state index in [1.807, 2.05) is 21.9 Å². The maximum Gasteiger partial charge on any atom is 0.272 e. The molecule has 0 aliphatic carbocycles. The van der Waals surface area contributed by atoms with Gasteiger partial charge in [0.2, 0.25) is 5.88 Å². The fourth-order valence-corrected chi connectivity index (χ4v) is 4.78. The number of rotatable bonds is 5. The monoisotopic (exact) mass is 540 g/mol. The molecule has 0 unspecified atom stereocenters. The lowest BCUT2D eigenvalue weighted by atomic mass is 10.2. The van der Waals surface area contributed by atoms with Crippen molar-refractivity contribution < 1.29 is 14.3 Å². The van der Waals surface area contributed by atoms with Crippen LogP contribution in [0.4, 0.5) is 0 Å². The van der Waals surface area contributed by atoms with Crippen LogP contribution in [0.3, 0.4) is 0 Å². The van der Waals surface area contributed by atoms with Gasteiger partial charge in [-0.2, -0.15) is 0 Å². The molecule has 0 bridgehead atoms. The van der Waals surface area contributed by atoms with Crippen LogP contribution in [0.25, 0.3) is 0 Å². The standard InChI is InChI=1S/C15H23N3O2.C14H21N3O.CH4/c1-12(2)17-7-4-8-18(10-9-17)15(19)13-5-6-14(20-3)16-11-13;1-12(2)16-8-5-9-17(11-10-16)14(18)13-6-3-4-7-15-13;/h5-6,11-12H,4,7-10H2,1-3H3;3-4,6-7,12H,5,8-11H2,1-2H3;1H4. The lowest BCUT2D eigenvalue weighted by molar-refractivity contribution is 0.0748. The van der Waals surface area contributed by atoms with Gasteiger partial charge in [-0.15, -0.1) is 0 Å². The molecule has 2 amide bonds. The third-order valence-corrected chi connectivity index (χ3v) is 7.17. The van der Waals surface area contributed by atoms with Gasteiger partial charge in [0, 0.05) is 82.9 Å². The van der Waals surface area contributed by atoms with Crippen molar-refractivity contribution in [3.8, 4) is 5.88 Å². The van der Waals surface area contributed by atoms with Crippen LogP contribution in [0, 0.1) is 0 Å². The molecule has 0 N–H and O–H groups in total. The fraction of sp³-hybridized carbons (Fsp3) is 0.600. The quantitative estimate of drug-likeness (QED) is 0.569. The Morgan fingerprint density at radius 3 is 1.79 bits per heavy atom. The second-order valence-electron chi connectivity index (χ2n) is 10.4. The summed E-state index contributed by atoms with van der Waals surface area (Å²) >= 11 is 0. The number of hydrogen-bond donors (Lipinski definition) is 0. The predicted molar refractivity (Wildman–Crippen MR) is 156 cm³/mol. The Balaban J connectivity index is 0.000000268. The second-order valence-corrected chi connectivity index (χ2v) is 10.4. The van der Waals surface area contributed by atoms with E-state index in [1.54, 1.807) is 37.7 Å². The van der Waals surface area contributed by atoms with Gasteiger partial charge in [0.1, 0.15) is 5.69 Å². The van der Waals surface area contributed by atoms with E-state index < -0.39 is 0 Å². The largest absolute Gasteiger partial charge is 0.481 e. The van der Waals surface area contributed by atoms with E-state index in [9.17, 15) is 9.59 Å². The molecule has 9 heteroatoms. The summed E-state index contributed by atoms with van der Waals surface area (Å²) in [5, 5.41) is 0. The van der Waals surface area contributed by atoms with Gasteiger partial charge >= 0.3 is 0 Å². The van der Waals surface area contributed by atoms with Gasteiger partial charge in [-0.3, -0.25) is 24.4 Å². The summed E-state index contributed by atoms with van der Waals surface area (Å²) in [5.74, 6) is 0.648. The maximum absolute atomic E-state index is 12.5. The van der Waals surface area contributed by atoms with E-state index >= 15 is 0 Å². The highest BCUT2D eigenvalue weighted by molar-refractivity contribution is 5.94. The Hall–Kier alpha value is -3.04. The van der Waals surface area contributed by atoms with Gasteiger partial charge in [0.15, 0.2) is 0 Å². The number of carbonyl (C=O) groups excluding carboxylic acids is 2. The number of ether oxygens (including phenoxy) is 1. The van der Waals surface area contributed by atoms with Crippen LogP contribution in [0.1, 0.15) is 68.8 Å². The third-order valence-electron chi connectivity index (χ3n) is 7.17. The van der Waals surface area contributed by atoms with Crippen LogP contribution in [0.2, 0.25) is 0 Å². The van der Waals surface area contributed by atoms with Crippen molar-refractivity contribution in [2.24, 2.45) is 0 Å². The molecule has 2 aliphatic rings. The molecule has 2 saturated heterocycles. The predicted octanol–water partition coefficient (Wildman–Crippen LogP) is 3.92. The molecule has 0 radical (unpaired) electrons. The highest BCUT2D eigenvalue weighted by Gasteiger charge is 2.23. The molecule has 9 nitrogen and oxygen atoms in total. The number of pyridine rings is 2. The van der Waals surface area contributed by atoms with E-state index in [2.05, 4.69) is 47.5 Å². The first kappa shape index (κ1) is 32.2. The third kappa shape index (κ3) is 9.58. The average Bonchev–Trinajstić information content (AvgIpc) is 3.35. The van der Waals surface area contributed by atoms with E-state index in [-0.39, 0.29) is 19.2 Å². The lowest BCUT2D eigenvalue weighted by Crippen LogP contribution is -2.37. The summed E-state index contributed by atoms with van der Waals surface area (Å²) < 4.78 is 5.01. The van der Waals surface area contributed by atoms with Crippen molar-refractivity contribution in [1.29, 1.82) is 0 Å². The highest BCUT2D eigenvalue weighted by atomic mass is 16.5. The smallest absolute Gasteiger partial charge is 0.272 e. The molecular weight excluding hydrogens is 492 g/mol. The summed E-state index contributed by atoms with van der Waals surface area (Å²) in [4.78, 5) is 41.6.